The molecule has 0 saturated carbocycles. The van der Waals surface area contributed by atoms with E-state index in [0.29, 0.717) is 13.2 Å². The number of urea groups is 1. The van der Waals surface area contributed by atoms with E-state index in [2.05, 4.69) is 10.4 Å². The van der Waals surface area contributed by atoms with Gasteiger partial charge < -0.3 is 9.05 Å². The van der Waals surface area contributed by atoms with Crippen LogP contribution in [0.2, 0.25) is 0 Å². The number of nitrogens with one attached hydrogen (secondary N) is 2. The average molecular weight is 286 g/mol. The van der Waals surface area contributed by atoms with Crippen molar-refractivity contribution in [2.75, 3.05) is 19.5 Å². The Morgan fingerprint density at radius 3 is 2.19 bits per heavy atom. The molecule has 6 nitrogen and oxygen atoms in total. The maximum absolute atomic E-state index is 11.3. The van der Waals surface area contributed by atoms with Crippen LogP contribution in [0.3, 0.4) is 0 Å². The number of rotatable bonds is 5. The second-order valence-corrected chi connectivity index (χ2v) is 6.35. The van der Waals surface area contributed by atoms with E-state index in [1.165, 1.54) is 0 Å². The summed E-state index contributed by atoms with van der Waals surface area (Å²) in [6.07, 6.45) is 1.56. The van der Waals surface area contributed by atoms with Crippen LogP contribution in [-0.4, -0.2) is 30.7 Å². The van der Waals surface area contributed by atoms with E-state index in [0.717, 1.165) is 11.8 Å². The quantitative estimate of drug-likeness (QED) is 0.753. The van der Waals surface area contributed by atoms with E-state index in [9.17, 15) is 9.59 Å². The average Bonchev–Trinajstić information content (AvgIpc) is 2.17. The zero-order valence-corrected chi connectivity index (χ0v) is 11.8. The second kappa shape index (κ2) is 8.03. The molecular formula is C7H15N2O4PS2. The molecule has 2 N–H and O–H groups in total. The van der Waals surface area contributed by atoms with E-state index in [1.54, 1.807) is 20.1 Å². The summed E-state index contributed by atoms with van der Waals surface area (Å²) in [6, 6.07) is -0.704. The zero-order chi connectivity index (χ0) is 12.6. The maximum Gasteiger partial charge on any atom is 0.329 e. The molecule has 0 aromatic carbocycles. The molecule has 0 fully saturated rings. The second-order valence-electron chi connectivity index (χ2n) is 2.39. The summed E-state index contributed by atoms with van der Waals surface area (Å²) < 4.78 is 10.3. The van der Waals surface area contributed by atoms with Gasteiger partial charge in [-0.25, -0.2) is 4.79 Å². The molecule has 0 aromatic heterocycles. The fourth-order valence-electron chi connectivity index (χ4n) is 0.738. The lowest BCUT2D eigenvalue weighted by atomic mass is 10.9. The molecule has 94 valence electrons. The van der Waals surface area contributed by atoms with Gasteiger partial charge in [0.25, 0.3) is 11.9 Å². The van der Waals surface area contributed by atoms with Crippen molar-refractivity contribution in [2.24, 2.45) is 0 Å². The number of hydrogen-bond donors (Lipinski definition) is 2. The Labute approximate surface area is 104 Å². The Balaban J connectivity index is 4.34. The molecule has 0 heterocycles. The summed E-state index contributed by atoms with van der Waals surface area (Å²) in [6.45, 7) is 1.31. The topological polar surface area (TPSA) is 76.7 Å². The lowest BCUT2D eigenvalue weighted by Gasteiger charge is -2.21. The van der Waals surface area contributed by atoms with E-state index < -0.39 is 17.9 Å². The minimum absolute atomic E-state index is 0.327. The SMILES string of the molecule is CCOP(=S)(NC(=O)NC(=O)SC)OCC. The highest BCUT2D eigenvalue weighted by Crippen LogP contribution is 2.43. The first-order valence-electron chi connectivity index (χ1n) is 4.53. The number of amides is 3. The van der Waals surface area contributed by atoms with Crippen molar-refractivity contribution >= 4 is 41.5 Å². The molecule has 0 radical (unpaired) electrons. The van der Waals surface area contributed by atoms with Crippen LogP contribution in [0.1, 0.15) is 13.8 Å². The number of carbonyl (C=O) groups is 2. The highest BCUT2D eigenvalue weighted by atomic mass is 32.5. The lowest BCUT2D eigenvalue weighted by Crippen LogP contribution is -2.36. The van der Waals surface area contributed by atoms with E-state index >= 15 is 0 Å². The largest absolute Gasteiger partial charge is 0.329 e. The molecule has 0 aliphatic heterocycles. The summed E-state index contributed by atoms with van der Waals surface area (Å²) in [5.74, 6) is 0. The summed E-state index contributed by atoms with van der Waals surface area (Å²) in [4.78, 5) is 22.2. The Morgan fingerprint density at radius 2 is 1.81 bits per heavy atom. The van der Waals surface area contributed by atoms with Gasteiger partial charge in [-0.3, -0.25) is 15.2 Å². The zero-order valence-electron chi connectivity index (χ0n) is 9.31. The third kappa shape index (κ3) is 6.44. The molecule has 0 unspecified atom stereocenters. The van der Waals surface area contributed by atoms with Crippen LogP contribution in [-0.2, 0) is 20.9 Å². The standard InChI is InChI=1S/C7H15N2O4PS2/c1-4-12-14(15,13-5-2)9-6(10)8-7(11)16-3/h4-5H2,1-3H3,(H2,8,9,10,11,15). The Hall–Kier alpha value is -0.140. The molecule has 0 aromatic rings. The lowest BCUT2D eigenvalue weighted by molar-refractivity contribution is 0.232. The first kappa shape index (κ1) is 15.9. The van der Waals surface area contributed by atoms with E-state index in [4.69, 9.17) is 20.9 Å². The van der Waals surface area contributed by atoms with Gasteiger partial charge in [0.2, 0.25) is 0 Å². The van der Waals surface area contributed by atoms with Crippen molar-refractivity contribution in [3.05, 3.63) is 0 Å². The number of carbonyl (C=O) groups excluding carboxylic acids is 2. The van der Waals surface area contributed by atoms with Gasteiger partial charge in [-0.05, 0) is 31.9 Å². The molecule has 0 spiro atoms. The third-order valence-electron chi connectivity index (χ3n) is 1.24. The monoisotopic (exact) mass is 286 g/mol. The molecule has 0 aliphatic rings. The number of thioether (sulfide) groups is 1. The molecule has 0 aliphatic carbocycles. The van der Waals surface area contributed by atoms with Crippen LogP contribution >= 0.6 is 18.4 Å². The van der Waals surface area contributed by atoms with Crippen molar-refractivity contribution < 1.29 is 18.6 Å². The first-order valence-corrected chi connectivity index (χ1v) is 8.40. The van der Waals surface area contributed by atoms with Crippen LogP contribution in [0.15, 0.2) is 0 Å². The van der Waals surface area contributed by atoms with E-state index in [-0.39, 0.29) is 0 Å². The molecule has 9 heteroatoms. The molecule has 0 saturated heterocycles. The predicted molar refractivity (Wildman–Crippen MR) is 68.1 cm³/mol. The van der Waals surface area contributed by atoms with Crippen molar-refractivity contribution in [3.8, 4) is 0 Å². The number of hydrogen-bond acceptors (Lipinski definition) is 6. The van der Waals surface area contributed by atoms with Crippen LogP contribution in [0, 0.1) is 0 Å². The van der Waals surface area contributed by atoms with Gasteiger partial charge in [-0.1, -0.05) is 11.8 Å². The van der Waals surface area contributed by atoms with Gasteiger partial charge in [0, 0.05) is 0 Å². The van der Waals surface area contributed by atoms with Gasteiger partial charge in [0.1, 0.15) is 0 Å². The fourth-order valence-corrected chi connectivity index (χ4v) is 3.00. The summed E-state index contributed by atoms with van der Waals surface area (Å²) >= 11 is 5.93. The number of imide groups is 1. The normalized spacial score (nSPS) is 10.9. The Bertz CT molecular complexity index is 290. The van der Waals surface area contributed by atoms with Crippen LogP contribution in [0.25, 0.3) is 0 Å². The van der Waals surface area contributed by atoms with Gasteiger partial charge in [-0.15, -0.1) is 0 Å². The molecule has 16 heavy (non-hydrogen) atoms. The van der Waals surface area contributed by atoms with Crippen molar-refractivity contribution in [2.45, 2.75) is 13.8 Å². The van der Waals surface area contributed by atoms with Crippen LogP contribution in [0.5, 0.6) is 0 Å². The molecule has 0 bridgehead atoms. The molecule has 0 atom stereocenters. The van der Waals surface area contributed by atoms with Crippen LogP contribution < -0.4 is 10.4 Å². The van der Waals surface area contributed by atoms with Crippen LogP contribution in [0.4, 0.5) is 9.59 Å². The molecular weight excluding hydrogens is 271 g/mol. The summed E-state index contributed by atoms with van der Waals surface area (Å²) in [7, 11) is 0. The Morgan fingerprint density at radius 1 is 1.31 bits per heavy atom. The highest BCUT2D eigenvalue weighted by molar-refractivity contribution is 8.13. The minimum atomic E-state index is -2.83. The summed E-state index contributed by atoms with van der Waals surface area (Å²) in [5, 5.41) is 3.97. The fraction of sp³-hybridized carbons (Fsp3) is 0.714. The van der Waals surface area contributed by atoms with Crippen molar-refractivity contribution in [1.82, 2.24) is 10.4 Å². The smallest absolute Gasteiger partial charge is 0.314 e. The first-order chi connectivity index (χ1) is 7.47. The van der Waals surface area contributed by atoms with Crippen molar-refractivity contribution in [1.29, 1.82) is 0 Å². The van der Waals surface area contributed by atoms with Gasteiger partial charge in [0.15, 0.2) is 0 Å². The maximum atomic E-state index is 11.3. The highest BCUT2D eigenvalue weighted by Gasteiger charge is 2.21. The van der Waals surface area contributed by atoms with Gasteiger partial charge >= 0.3 is 6.03 Å². The van der Waals surface area contributed by atoms with E-state index in [1.807, 2.05) is 0 Å². The third-order valence-corrected chi connectivity index (χ3v) is 4.29. The van der Waals surface area contributed by atoms with Gasteiger partial charge in [0.05, 0.1) is 13.2 Å². The minimum Gasteiger partial charge on any atom is -0.314 e. The summed E-state index contributed by atoms with van der Waals surface area (Å²) in [5.41, 5.74) is 0. The molecule has 0 rings (SSSR count). The van der Waals surface area contributed by atoms with Gasteiger partial charge in [-0.2, -0.15) is 0 Å². The Kier molecular flexibility index (Phi) is 7.96. The van der Waals surface area contributed by atoms with Crippen molar-refractivity contribution in [3.63, 3.8) is 0 Å². The molecule has 3 amide bonds. The predicted octanol–water partition coefficient (Wildman–Crippen LogP) is 2.07.